The van der Waals surface area contributed by atoms with Crippen LogP contribution in [-0.2, 0) is 16.1 Å². The fraction of sp³-hybridized carbons (Fsp3) is 0.478. The summed E-state index contributed by atoms with van der Waals surface area (Å²) in [5.41, 5.74) is 0.623. The van der Waals surface area contributed by atoms with Crippen molar-refractivity contribution < 1.29 is 37.3 Å². The molecular formula is C23H27F3N4O5. The number of alkyl halides is 3. The van der Waals surface area contributed by atoms with Crippen molar-refractivity contribution >= 4 is 12.1 Å². The van der Waals surface area contributed by atoms with Gasteiger partial charge >= 0.3 is 18.2 Å². The topological polar surface area (TPSA) is 105 Å². The number of benzene rings is 1. The lowest BCUT2D eigenvalue weighted by Gasteiger charge is -2.35. The van der Waals surface area contributed by atoms with Crippen molar-refractivity contribution in [2.24, 2.45) is 0 Å². The van der Waals surface area contributed by atoms with Crippen LogP contribution in [0.5, 0.6) is 5.75 Å². The van der Waals surface area contributed by atoms with Gasteiger partial charge in [-0.05, 0) is 44.5 Å². The molecule has 0 aliphatic carbocycles. The number of rotatable bonds is 7. The van der Waals surface area contributed by atoms with Crippen molar-refractivity contribution in [2.75, 3.05) is 26.2 Å². The van der Waals surface area contributed by atoms with Crippen LogP contribution in [-0.4, -0.2) is 81.0 Å². The minimum absolute atomic E-state index is 0.211. The first-order chi connectivity index (χ1) is 16.3. The minimum Gasteiger partial charge on any atom is -0.478 e. The van der Waals surface area contributed by atoms with E-state index < -0.39 is 29.9 Å². The molecule has 1 amide bonds. The van der Waals surface area contributed by atoms with Crippen LogP contribution >= 0.6 is 0 Å². The van der Waals surface area contributed by atoms with E-state index in [2.05, 4.69) is 14.7 Å². The first-order valence-electron chi connectivity index (χ1n) is 10.9. The number of carboxylic acids is 1. The maximum Gasteiger partial charge on any atom is 0.425 e. The Kier molecular flexibility index (Phi) is 7.83. The summed E-state index contributed by atoms with van der Waals surface area (Å²) < 4.78 is 48.2. The van der Waals surface area contributed by atoms with Gasteiger partial charge < -0.3 is 19.5 Å². The van der Waals surface area contributed by atoms with Gasteiger partial charge in [-0.1, -0.05) is 0 Å². The van der Waals surface area contributed by atoms with Gasteiger partial charge in [0.2, 0.25) is 0 Å². The van der Waals surface area contributed by atoms with Crippen molar-refractivity contribution in [1.82, 2.24) is 19.8 Å². The predicted octanol–water partition coefficient (Wildman–Crippen LogP) is 3.59. The van der Waals surface area contributed by atoms with Gasteiger partial charge in [0.1, 0.15) is 5.75 Å². The average molecular weight is 496 g/mol. The highest BCUT2D eigenvalue weighted by Crippen LogP contribution is 2.28. The molecule has 1 saturated heterocycles. The number of aliphatic carboxylic acids is 1. The summed E-state index contributed by atoms with van der Waals surface area (Å²) in [5, 5.41) is 9.43. The summed E-state index contributed by atoms with van der Waals surface area (Å²) in [6.07, 6.45) is -3.12. The van der Waals surface area contributed by atoms with Gasteiger partial charge in [-0.2, -0.15) is 13.2 Å². The molecule has 2 heterocycles. The minimum atomic E-state index is -4.61. The highest BCUT2D eigenvalue weighted by Gasteiger charge is 2.40. The number of carbonyl (C=O) groups is 2. The molecule has 1 fully saturated rings. The lowest BCUT2D eigenvalue weighted by atomic mass is 10.1. The van der Waals surface area contributed by atoms with Gasteiger partial charge in [0, 0.05) is 50.7 Å². The number of carbonyl (C=O) groups excluding carboxylic acids is 1. The number of piperazine rings is 1. The van der Waals surface area contributed by atoms with Crippen LogP contribution in [0.2, 0.25) is 0 Å². The smallest absolute Gasteiger partial charge is 0.425 e. The Morgan fingerprint density at radius 2 is 1.80 bits per heavy atom. The highest BCUT2D eigenvalue weighted by molar-refractivity contribution is 5.77. The number of ether oxygens (including phenoxy) is 2. The summed E-state index contributed by atoms with van der Waals surface area (Å²) in [7, 11) is 0. The Morgan fingerprint density at radius 1 is 1.11 bits per heavy atom. The molecule has 0 saturated carbocycles. The monoisotopic (exact) mass is 496 g/mol. The lowest BCUT2D eigenvalue weighted by molar-refractivity contribution is -0.200. The summed E-state index contributed by atoms with van der Waals surface area (Å²) in [6, 6.07) is 5.31. The van der Waals surface area contributed by atoms with Crippen LogP contribution < -0.4 is 4.74 Å². The summed E-state index contributed by atoms with van der Waals surface area (Å²) >= 11 is 0. The van der Waals surface area contributed by atoms with Crippen LogP contribution in [0.15, 0.2) is 36.8 Å². The van der Waals surface area contributed by atoms with Gasteiger partial charge in [0.25, 0.3) is 0 Å². The third-order valence-corrected chi connectivity index (χ3v) is 5.49. The first-order valence-corrected chi connectivity index (χ1v) is 10.9. The molecule has 1 N–H and O–H groups in total. The van der Waals surface area contributed by atoms with E-state index >= 15 is 0 Å². The number of carboxylic acid groups (broad SMARTS) is 1. The Hall–Kier alpha value is -3.41. The van der Waals surface area contributed by atoms with Crippen LogP contribution in [0.25, 0.3) is 11.3 Å². The molecule has 3 rings (SSSR count). The zero-order valence-corrected chi connectivity index (χ0v) is 19.6. The van der Waals surface area contributed by atoms with E-state index in [1.807, 2.05) is 11.0 Å². The molecule has 0 radical (unpaired) electrons. The van der Waals surface area contributed by atoms with Crippen LogP contribution in [0.3, 0.4) is 0 Å². The van der Waals surface area contributed by atoms with E-state index in [1.165, 1.54) is 24.9 Å². The first kappa shape index (κ1) is 26.2. The maximum absolute atomic E-state index is 12.7. The lowest BCUT2D eigenvalue weighted by Crippen LogP contribution is -2.49. The fourth-order valence-corrected chi connectivity index (χ4v) is 3.38. The maximum atomic E-state index is 12.7. The molecule has 1 aliphatic rings. The summed E-state index contributed by atoms with van der Waals surface area (Å²) in [5.74, 6) is -0.772. The number of hydrogen-bond donors (Lipinski definition) is 1. The zero-order chi connectivity index (χ0) is 25.8. The molecule has 0 spiro atoms. The van der Waals surface area contributed by atoms with Crippen molar-refractivity contribution in [3.63, 3.8) is 0 Å². The van der Waals surface area contributed by atoms with Crippen molar-refractivity contribution in [1.29, 1.82) is 0 Å². The molecule has 1 aliphatic heterocycles. The van der Waals surface area contributed by atoms with Gasteiger partial charge in [0.15, 0.2) is 11.7 Å². The van der Waals surface area contributed by atoms with Crippen molar-refractivity contribution in [3.8, 4) is 17.0 Å². The molecule has 9 nitrogen and oxygen atoms in total. The van der Waals surface area contributed by atoms with Gasteiger partial charge in [-0.15, -0.1) is 0 Å². The molecule has 2 aromatic rings. The molecule has 35 heavy (non-hydrogen) atoms. The zero-order valence-electron chi connectivity index (χ0n) is 19.6. The molecule has 12 heteroatoms. The summed E-state index contributed by atoms with van der Waals surface area (Å²) in [4.78, 5) is 35.2. The van der Waals surface area contributed by atoms with Gasteiger partial charge in [-0.3, -0.25) is 14.9 Å². The quantitative estimate of drug-likeness (QED) is 0.620. The number of amides is 1. The van der Waals surface area contributed by atoms with Crippen LogP contribution in [0.4, 0.5) is 18.0 Å². The fourth-order valence-electron chi connectivity index (χ4n) is 3.38. The van der Waals surface area contributed by atoms with E-state index in [4.69, 9.17) is 4.74 Å². The third kappa shape index (κ3) is 7.04. The largest absolute Gasteiger partial charge is 0.478 e. The SMILES string of the molecule is CC(OC(=O)N1CCN(Cc2cc(OC(C)(C)C(=O)O)cc(-c3cnccn3)c2)CC1)C(F)(F)F. The van der Waals surface area contributed by atoms with Crippen LogP contribution in [0.1, 0.15) is 26.3 Å². The molecule has 1 aromatic carbocycles. The van der Waals surface area contributed by atoms with E-state index in [9.17, 15) is 27.9 Å². The van der Waals surface area contributed by atoms with E-state index in [1.54, 1.807) is 24.5 Å². The molecule has 190 valence electrons. The van der Waals surface area contributed by atoms with E-state index in [-0.39, 0.29) is 13.1 Å². The third-order valence-electron chi connectivity index (χ3n) is 5.49. The van der Waals surface area contributed by atoms with Gasteiger partial charge in [0.05, 0.1) is 11.9 Å². The Morgan fingerprint density at radius 3 is 2.37 bits per heavy atom. The molecule has 1 unspecified atom stereocenters. The number of hydrogen-bond acceptors (Lipinski definition) is 7. The van der Waals surface area contributed by atoms with E-state index in [0.717, 1.165) is 12.5 Å². The second kappa shape index (κ2) is 10.5. The molecule has 1 aromatic heterocycles. The highest BCUT2D eigenvalue weighted by atomic mass is 19.4. The number of aromatic nitrogens is 2. The van der Waals surface area contributed by atoms with E-state index in [0.29, 0.717) is 36.6 Å². The van der Waals surface area contributed by atoms with Crippen molar-refractivity contribution in [3.05, 3.63) is 42.4 Å². The Balaban J connectivity index is 1.71. The van der Waals surface area contributed by atoms with Crippen LogP contribution in [0, 0.1) is 0 Å². The normalized spacial score (nSPS) is 16.0. The Bertz CT molecular complexity index is 1040. The summed E-state index contributed by atoms with van der Waals surface area (Å²) in [6.45, 7) is 5.39. The van der Waals surface area contributed by atoms with Gasteiger partial charge in [-0.25, -0.2) is 9.59 Å². The molecular weight excluding hydrogens is 469 g/mol. The van der Waals surface area contributed by atoms with Crippen molar-refractivity contribution in [2.45, 2.75) is 45.2 Å². The average Bonchev–Trinajstić information content (AvgIpc) is 2.79. The standard InChI is InChI=1S/C23H27F3N4O5/c1-15(23(24,25)26)34-21(33)30-8-6-29(7-9-30)14-16-10-17(19-13-27-4-5-28-19)12-18(11-16)35-22(2,3)20(31)32/h4-5,10-13,15H,6-9,14H2,1-3H3,(H,31,32). The second-order valence-electron chi connectivity index (χ2n) is 8.70. The molecule has 1 atom stereocenters. The number of halogens is 3. The Labute approximate surface area is 200 Å². The second-order valence-corrected chi connectivity index (χ2v) is 8.70. The number of nitrogens with zero attached hydrogens (tertiary/aromatic N) is 4. The molecule has 0 bridgehead atoms. The predicted molar refractivity (Wildman–Crippen MR) is 119 cm³/mol.